The van der Waals surface area contributed by atoms with E-state index in [1.54, 1.807) is 6.92 Å². The summed E-state index contributed by atoms with van der Waals surface area (Å²) in [6.07, 6.45) is 0. The average Bonchev–Trinajstić information content (AvgIpc) is 2.53. The Hall–Kier alpha value is -1.55. The van der Waals surface area contributed by atoms with Crippen molar-refractivity contribution >= 4 is 29.0 Å². The number of ketones is 1. The summed E-state index contributed by atoms with van der Waals surface area (Å²) in [4.78, 5) is 27.5. The molecular formula is C16H21ClN2O2. The molecule has 1 aliphatic heterocycles. The van der Waals surface area contributed by atoms with Gasteiger partial charge in [-0.3, -0.25) is 9.59 Å². The molecule has 2 rings (SSSR count). The highest BCUT2D eigenvalue weighted by atomic mass is 35.5. The summed E-state index contributed by atoms with van der Waals surface area (Å²) in [5.41, 5.74) is 1.82. The van der Waals surface area contributed by atoms with Crippen LogP contribution in [0.4, 0.5) is 5.69 Å². The second-order valence-corrected chi connectivity index (χ2v) is 5.78. The highest BCUT2D eigenvalue weighted by molar-refractivity contribution is 6.19. The predicted molar refractivity (Wildman–Crippen MR) is 85.1 cm³/mol. The zero-order valence-corrected chi connectivity index (χ0v) is 13.3. The Morgan fingerprint density at radius 3 is 2.19 bits per heavy atom. The highest BCUT2D eigenvalue weighted by Gasteiger charge is 2.24. The molecule has 1 aromatic rings. The third-order valence-corrected chi connectivity index (χ3v) is 4.35. The molecule has 1 aliphatic rings. The van der Waals surface area contributed by atoms with E-state index in [-0.39, 0.29) is 17.6 Å². The third kappa shape index (κ3) is 3.76. The molecule has 1 fully saturated rings. The van der Waals surface area contributed by atoms with Crippen LogP contribution >= 0.6 is 11.6 Å². The van der Waals surface area contributed by atoms with Crippen molar-refractivity contribution in [1.82, 2.24) is 4.90 Å². The molecule has 0 spiro atoms. The van der Waals surface area contributed by atoms with Crippen LogP contribution in [-0.2, 0) is 4.79 Å². The van der Waals surface area contributed by atoms with Gasteiger partial charge in [0.05, 0.1) is 0 Å². The Bertz CT molecular complexity index is 508. The van der Waals surface area contributed by atoms with Crippen LogP contribution in [0.25, 0.3) is 0 Å². The molecular weight excluding hydrogens is 288 g/mol. The van der Waals surface area contributed by atoms with E-state index in [0.29, 0.717) is 19.0 Å². The molecule has 114 valence electrons. The smallest absolute Gasteiger partial charge is 0.226 e. The normalized spacial score (nSPS) is 16.7. The van der Waals surface area contributed by atoms with Gasteiger partial charge in [-0.25, -0.2) is 0 Å². The monoisotopic (exact) mass is 308 g/mol. The third-order valence-electron chi connectivity index (χ3n) is 3.88. The molecule has 21 heavy (non-hydrogen) atoms. The predicted octanol–water partition coefficient (Wildman–Crippen LogP) is 2.41. The second kappa shape index (κ2) is 6.94. The molecule has 0 bridgehead atoms. The molecule has 5 heteroatoms. The van der Waals surface area contributed by atoms with Crippen molar-refractivity contribution in [3.63, 3.8) is 0 Å². The molecule has 4 nitrogen and oxygen atoms in total. The number of hydrogen-bond donors (Lipinski definition) is 0. The highest BCUT2D eigenvalue weighted by Crippen LogP contribution is 2.18. The average molecular weight is 309 g/mol. The van der Waals surface area contributed by atoms with Gasteiger partial charge in [0.15, 0.2) is 5.78 Å². The van der Waals surface area contributed by atoms with Gasteiger partial charge in [0.25, 0.3) is 0 Å². The SMILES string of the molecule is CC(=O)c1ccc(N2CCN(C(=O)C(C)CCl)CC2)cc1. The first kappa shape index (κ1) is 15.8. The summed E-state index contributed by atoms with van der Waals surface area (Å²) in [5.74, 6) is 0.461. The lowest BCUT2D eigenvalue weighted by Crippen LogP contribution is -2.50. The molecule has 1 heterocycles. The fourth-order valence-electron chi connectivity index (χ4n) is 2.47. The minimum Gasteiger partial charge on any atom is -0.368 e. The molecule has 1 unspecified atom stereocenters. The number of anilines is 1. The Balaban J connectivity index is 1.94. The Morgan fingerprint density at radius 2 is 1.71 bits per heavy atom. The summed E-state index contributed by atoms with van der Waals surface area (Å²) in [5, 5.41) is 0. The molecule has 0 N–H and O–H groups in total. The van der Waals surface area contributed by atoms with Crippen LogP contribution in [-0.4, -0.2) is 48.6 Å². The number of Topliss-reactive ketones (excluding diaryl/α,β-unsaturated/α-hetero) is 1. The number of carbonyl (C=O) groups is 2. The maximum atomic E-state index is 12.1. The maximum absolute atomic E-state index is 12.1. The van der Waals surface area contributed by atoms with Crippen molar-refractivity contribution in [1.29, 1.82) is 0 Å². The van der Waals surface area contributed by atoms with Crippen LogP contribution < -0.4 is 4.90 Å². The topological polar surface area (TPSA) is 40.6 Å². The summed E-state index contributed by atoms with van der Waals surface area (Å²) in [6.45, 7) is 6.48. The number of amides is 1. The van der Waals surface area contributed by atoms with E-state index in [0.717, 1.165) is 24.3 Å². The van der Waals surface area contributed by atoms with Gasteiger partial charge in [0.1, 0.15) is 0 Å². The lowest BCUT2D eigenvalue weighted by Gasteiger charge is -2.37. The van der Waals surface area contributed by atoms with E-state index in [1.807, 2.05) is 36.1 Å². The number of alkyl halides is 1. The van der Waals surface area contributed by atoms with Crippen LogP contribution in [0.3, 0.4) is 0 Å². The Morgan fingerprint density at radius 1 is 1.14 bits per heavy atom. The number of hydrogen-bond acceptors (Lipinski definition) is 3. The summed E-state index contributed by atoms with van der Waals surface area (Å²) in [6, 6.07) is 7.64. The molecule has 0 aromatic heterocycles. The number of halogens is 1. The van der Waals surface area contributed by atoms with Gasteiger partial charge in [0, 0.05) is 49.2 Å². The maximum Gasteiger partial charge on any atom is 0.226 e. The number of nitrogens with zero attached hydrogens (tertiary/aromatic N) is 2. The summed E-state index contributed by atoms with van der Waals surface area (Å²) in [7, 11) is 0. The van der Waals surface area contributed by atoms with Crippen molar-refractivity contribution in [3.8, 4) is 0 Å². The first-order chi connectivity index (χ1) is 10.0. The molecule has 1 aromatic carbocycles. The molecule has 0 radical (unpaired) electrons. The summed E-state index contributed by atoms with van der Waals surface area (Å²) < 4.78 is 0. The van der Waals surface area contributed by atoms with Crippen molar-refractivity contribution < 1.29 is 9.59 Å². The fourth-order valence-corrected chi connectivity index (χ4v) is 2.60. The van der Waals surface area contributed by atoms with Crippen molar-refractivity contribution in [2.24, 2.45) is 5.92 Å². The van der Waals surface area contributed by atoms with Crippen LogP contribution in [0, 0.1) is 5.92 Å². The van der Waals surface area contributed by atoms with E-state index >= 15 is 0 Å². The zero-order valence-electron chi connectivity index (χ0n) is 12.5. The van der Waals surface area contributed by atoms with Gasteiger partial charge in [-0.2, -0.15) is 0 Å². The van der Waals surface area contributed by atoms with E-state index in [4.69, 9.17) is 11.6 Å². The number of carbonyl (C=O) groups excluding carboxylic acids is 2. The van der Waals surface area contributed by atoms with E-state index in [1.165, 1.54) is 0 Å². The molecule has 1 amide bonds. The van der Waals surface area contributed by atoms with Gasteiger partial charge in [-0.05, 0) is 31.2 Å². The molecule has 0 aliphatic carbocycles. The summed E-state index contributed by atoms with van der Waals surface area (Å²) >= 11 is 5.75. The van der Waals surface area contributed by atoms with Crippen molar-refractivity contribution in [3.05, 3.63) is 29.8 Å². The Kier molecular flexibility index (Phi) is 5.23. The van der Waals surface area contributed by atoms with Crippen LogP contribution in [0.1, 0.15) is 24.2 Å². The molecule has 1 saturated heterocycles. The van der Waals surface area contributed by atoms with E-state index in [2.05, 4.69) is 4.90 Å². The first-order valence-corrected chi connectivity index (χ1v) is 7.77. The quantitative estimate of drug-likeness (QED) is 0.633. The van der Waals surface area contributed by atoms with Crippen LogP contribution in [0.5, 0.6) is 0 Å². The van der Waals surface area contributed by atoms with E-state index in [9.17, 15) is 9.59 Å². The van der Waals surface area contributed by atoms with Crippen molar-refractivity contribution in [2.75, 3.05) is 37.0 Å². The van der Waals surface area contributed by atoms with Crippen LogP contribution in [0.2, 0.25) is 0 Å². The van der Waals surface area contributed by atoms with Crippen LogP contribution in [0.15, 0.2) is 24.3 Å². The standard InChI is InChI=1S/C16H21ClN2O2/c1-12(11-17)16(21)19-9-7-18(8-10-19)15-5-3-14(4-6-15)13(2)20/h3-6,12H,7-11H2,1-2H3. The van der Waals surface area contributed by atoms with Gasteiger partial charge in [0.2, 0.25) is 5.91 Å². The molecule has 1 atom stereocenters. The molecule has 0 saturated carbocycles. The first-order valence-electron chi connectivity index (χ1n) is 7.23. The van der Waals surface area contributed by atoms with Crippen molar-refractivity contribution in [2.45, 2.75) is 13.8 Å². The number of benzene rings is 1. The largest absolute Gasteiger partial charge is 0.368 e. The lowest BCUT2D eigenvalue weighted by molar-refractivity contribution is -0.134. The van der Waals surface area contributed by atoms with Gasteiger partial charge in [-0.15, -0.1) is 11.6 Å². The minimum atomic E-state index is -0.118. The lowest BCUT2D eigenvalue weighted by atomic mass is 10.1. The number of rotatable bonds is 4. The van der Waals surface area contributed by atoms with Gasteiger partial charge < -0.3 is 9.80 Å². The van der Waals surface area contributed by atoms with Gasteiger partial charge in [-0.1, -0.05) is 6.92 Å². The fraction of sp³-hybridized carbons (Fsp3) is 0.500. The zero-order chi connectivity index (χ0) is 15.4. The second-order valence-electron chi connectivity index (χ2n) is 5.47. The number of piperazine rings is 1. The van der Waals surface area contributed by atoms with Gasteiger partial charge >= 0.3 is 0 Å². The minimum absolute atomic E-state index is 0.0760. The Labute approximate surface area is 130 Å². The van der Waals surface area contributed by atoms with E-state index < -0.39 is 0 Å².